The van der Waals surface area contributed by atoms with Crippen molar-refractivity contribution in [2.24, 2.45) is 5.92 Å². The van der Waals surface area contributed by atoms with Crippen LogP contribution in [-0.2, 0) is 9.59 Å². The van der Waals surface area contributed by atoms with Crippen LogP contribution in [0.5, 0.6) is 0 Å². The quantitative estimate of drug-likeness (QED) is 0.792. The molecule has 4 heteroatoms. The third-order valence-electron chi connectivity index (χ3n) is 3.06. The van der Waals surface area contributed by atoms with Gasteiger partial charge in [-0.15, -0.1) is 11.3 Å². The molecule has 0 unspecified atom stereocenters. The van der Waals surface area contributed by atoms with Gasteiger partial charge < -0.3 is 4.90 Å². The molecule has 0 radical (unpaired) electrons. The fraction of sp³-hybridized carbons (Fsp3) is 0.500. The molecule has 1 amide bonds. The fourth-order valence-corrected chi connectivity index (χ4v) is 2.73. The van der Waals surface area contributed by atoms with Crippen LogP contribution in [0.2, 0.25) is 0 Å². The van der Waals surface area contributed by atoms with Gasteiger partial charge in [0.05, 0.1) is 5.00 Å². The predicted octanol–water partition coefficient (Wildman–Crippen LogP) is 2.47. The number of thiophene rings is 1. The largest absolute Gasteiger partial charge is 0.307 e. The minimum absolute atomic E-state index is 0.0322. The third-order valence-corrected chi connectivity index (χ3v) is 4.00. The molecule has 0 bridgehead atoms. The lowest BCUT2D eigenvalue weighted by molar-refractivity contribution is -0.126. The summed E-state index contributed by atoms with van der Waals surface area (Å²) in [5.41, 5.74) is 0. The monoisotopic (exact) mass is 237 g/mol. The van der Waals surface area contributed by atoms with Crippen molar-refractivity contribution in [2.75, 3.05) is 11.9 Å². The molecule has 2 rings (SSSR count). The summed E-state index contributed by atoms with van der Waals surface area (Å²) in [6, 6.07) is 3.88. The number of hydrogen-bond donors (Lipinski definition) is 0. The number of carbonyl (C=O) groups is 2. The second-order valence-corrected chi connectivity index (χ2v) is 5.09. The van der Waals surface area contributed by atoms with Gasteiger partial charge in [-0.05, 0) is 30.4 Å². The van der Waals surface area contributed by atoms with Crippen molar-refractivity contribution >= 4 is 28.0 Å². The number of hydrogen-bond acceptors (Lipinski definition) is 3. The lowest BCUT2D eigenvalue weighted by Gasteiger charge is -2.24. The number of ketones is 1. The average Bonchev–Trinajstić information content (AvgIpc) is 2.81. The van der Waals surface area contributed by atoms with Gasteiger partial charge >= 0.3 is 0 Å². The Morgan fingerprint density at radius 3 is 2.69 bits per heavy atom. The van der Waals surface area contributed by atoms with E-state index in [9.17, 15) is 9.59 Å². The smallest absolute Gasteiger partial charge is 0.230 e. The Hall–Kier alpha value is -1.16. The Labute approximate surface area is 99.1 Å². The van der Waals surface area contributed by atoms with E-state index >= 15 is 0 Å². The maximum absolute atomic E-state index is 12.1. The van der Waals surface area contributed by atoms with Crippen molar-refractivity contribution in [3.8, 4) is 0 Å². The Balaban J connectivity index is 2.00. The van der Waals surface area contributed by atoms with Gasteiger partial charge in [-0.1, -0.05) is 0 Å². The Morgan fingerprint density at radius 1 is 1.44 bits per heavy atom. The van der Waals surface area contributed by atoms with Gasteiger partial charge in [-0.2, -0.15) is 0 Å². The molecule has 1 saturated carbocycles. The Morgan fingerprint density at radius 2 is 2.12 bits per heavy atom. The van der Waals surface area contributed by atoms with Crippen molar-refractivity contribution in [3.05, 3.63) is 17.5 Å². The molecular weight excluding hydrogens is 222 g/mol. The molecule has 0 spiro atoms. The zero-order valence-electron chi connectivity index (χ0n) is 9.31. The molecule has 0 aromatic carbocycles. The summed E-state index contributed by atoms with van der Waals surface area (Å²) in [4.78, 5) is 24.9. The van der Waals surface area contributed by atoms with E-state index in [4.69, 9.17) is 0 Å². The van der Waals surface area contributed by atoms with Gasteiger partial charge in [0.25, 0.3) is 0 Å². The molecule has 1 aromatic heterocycles. The van der Waals surface area contributed by atoms with Crippen LogP contribution in [0.15, 0.2) is 17.5 Å². The lowest BCUT2D eigenvalue weighted by Crippen LogP contribution is -2.34. The van der Waals surface area contributed by atoms with E-state index in [0.29, 0.717) is 31.5 Å². The van der Waals surface area contributed by atoms with Crippen LogP contribution in [0.3, 0.4) is 0 Å². The van der Waals surface area contributed by atoms with E-state index < -0.39 is 0 Å². The highest BCUT2D eigenvalue weighted by molar-refractivity contribution is 7.14. The molecule has 1 heterocycles. The van der Waals surface area contributed by atoms with Crippen molar-refractivity contribution < 1.29 is 9.59 Å². The van der Waals surface area contributed by atoms with E-state index in [1.54, 1.807) is 16.2 Å². The highest BCUT2D eigenvalue weighted by Gasteiger charge is 2.27. The summed E-state index contributed by atoms with van der Waals surface area (Å²) in [5, 5.41) is 2.94. The SMILES string of the molecule is CN(C(=O)C1CCC(=O)CC1)c1cccs1. The first-order valence-electron chi connectivity index (χ1n) is 5.51. The molecule has 86 valence electrons. The third kappa shape index (κ3) is 2.32. The molecule has 1 aliphatic rings. The molecule has 0 N–H and O–H groups in total. The Kier molecular flexibility index (Phi) is 3.39. The maximum atomic E-state index is 12.1. The van der Waals surface area contributed by atoms with Gasteiger partial charge in [0.1, 0.15) is 5.78 Å². The van der Waals surface area contributed by atoms with Crippen molar-refractivity contribution in [3.63, 3.8) is 0 Å². The van der Waals surface area contributed by atoms with E-state index in [0.717, 1.165) is 5.00 Å². The molecule has 0 saturated heterocycles. The topological polar surface area (TPSA) is 37.4 Å². The molecule has 16 heavy (non-hydrogen) atoms. The summed E-state index contributed by atoms with van der Waals surface area (Å²) in [7, 11) is 1.81. The molecule has 0 aliphatic heterocycles. The molecule has 0 atom stereocenters. The van der Waals surface area contributed by atoms with E-state index in [1.807, 2.05) is 24.6 Å². The van der Waals surface area contributed by atoms with Crippen molar-refractivity contribution in [2.45, 2.75) is 25.7 Å². The predicted molar refractivity (Wildman–Crippen MR) is 64.7 cm³/mol. The van der Waals surface area contributed by atoms with Crippen LogP contribution in [0.25, 0.3) is 0 Å². The van der Waals surface area contributed by atoms with Crippen LogP contribution in [0, 0.1) is 5.92 Å². The highest BCUT2D eigenvalue weighted by Crippen LogP contribution is 2.27. The van der Waals surface area contributed by atoms with Gasteiger partial charge in [0, 0.05) is 25.8 Å². The normalized spacial score (nSPS) is 17.4. The number of nitrogens with zero attached hydrogens (tertiary/aromatic N) is 1. The van der Waals surface area contributed by atoms with E-state index in [1.165, 1.54) is 0 Å². The molecular formula is C12H15NO2S. The van der Waals surface area contributed by atoms with Crippen LogP contribution in [0.1, 0.15) is 25.7 Å². The van der Waals surface area contributed by atoms with Crippen LogP contribution in [0.4, 0.5) is 5.00 Å². The zero-order valence-corrected chi connectivity index (χ0v) is 10.1. The summed E-state index contributed by atoms with van der Waals surface area (Å²) >= 11 is 1.56. The Bertz CT molecular complexity index is 376. The number of Topliss-reactive ketones (excluding diaryl/α,β-unsaturated/α-hetero) is 1. The number of rotatable bonds is 2. The van der Waals surface area contributed by atoms with Gasteiger partial charge in [0.15, 0.2) is 0 Å². The summed E-state index contributed by atoms with van der Waals surface area (Å²) < 4.78 is 0. The second-order valence-electron chi connectivity index (χ2n) is 4.16. The first kappa shape index (κ1) is 11.3. The second kappa shape index (κ2) is 4.78. The highest BCUT2D eigenvalue weighted by atomic mass is 32.1. The van der Waals surface area contributed by atoms with Crippen LogP contribution in [-0.4, -0.2) is 18.7 Å². The zero-order chi connectivity index (χ0) is 11.5. The van der Waals surface area contributed by atoms with Crippen LogP contribution < -0.4 is 4.90 Å². The first-order valence-corrected chi connectivity index (χ1v) is 6.39. The van der Waals surface area contributed by atoms with Crippen LogP contribution >= 0.6 is 11.3 Å². The minimum atomic E-state index is 0.0322. The van der Waals surface area contributed by atoms with Gasteiger partial charge in [-0.3, -0.25) is 9.59 Å². The summed E-state index contributed by atoms with van der Waals surface area (Å²) in [6.07, 6.45) is 2.56. The number of anilines is 1. The fourth-order valence-electron chi connectivity index (χ4n) is 2.03. The number of carbonyl (C=O) groups excluding carboxylic acids is 2. The maximum Gasteiger partial charge on any atom is 0.230 e. The first-order chi connectivity index (χ1) is 7.68. The van der Waals surface area contributed by atoms with Crippen molar-refractivity contribution in [1.82, 2.24) is 0 Å². The van der Waals surface area contributed by atoms with Gasteiger partial charge in [0.2, 0.25) is 5.91 Å². The number of amides is 1. The minimum Gasteiger partial charge on any atom is -0.307 e. The standard InChI is InChI=1S/C12H15NO2S/c1-13(11-3-2-8-16-11)12(15)9-4-6-10(14)7-5-9/h2-3,8-9H,4-7H2,1H3. The summed E-state index contributed by atoms with van der Waals surface area (Å²) in [5.74, 6) is 0.475. The molecule has 3 nitrogen and oxygen atoms in total. The van der Waals surface area contributed by atoms with E-state index in [2.05, 4.69) is 0 Å². The molecule has 1 fully saturated rings. The lowest BCUT2D eigenvalue weighted by atomic mass is 9.87. The van der Waals surface area contributed by atoms with E-state index in [-0.39, 0.29) is 11.8 Å². The molecule has 1 aromatic rings. The van der Waals surface area contributed by atoms with Crippen molar-refractivity contribution in [1.29, 1.82) is 0 Å². The summed E-state index contributed by atoms with van der Waals surface area (Å²) in [6.45, 7) is 0. The van der Waals surface area contributed by atoms with Gasteiger partial charge in [-0.25, -0.2) is 0 Å². The average molecular weight is 237 g/mol. The molecule has 1 aliphatic carbocycles.